The van der Waals surface area contributed by atoms with Crippen LogP contribution >= 0.6 is 11.6 Å². The molecule has 0 aliphatic carbocycles. The zero-order valence-electron chi connectivity index (χ0n) is 12.6. The van der Waals surface area contributed by atoms with Crippen molar-refractivity contribution in [3.05, 3.63) is 41.0 Å². The van der Waals surface area contributed by atoms with Crippen molar-refractivity contribution < 1.29 is 4.79 Å². The zero-order chi connectivity index (χ0) is 15.6. The Bertz CT molecular complexity index is 670. The van der Waals surface area contributed by atoms with Crippen molar-refractivity contribution in [2.24, 2.45) is 11.1 Å². The lowest BCUT2D eigenvalue weighted by Crippen LogP contribution is -2.39. The Kier molecular flexibility index (Phi) is 4.49. The van der Waals surface area contributed by atoms with Gasteiger partial charge in [-0.3, -0.25) is 9.78 Å². The fourth-order valence-electron chi connectivity index (χ4n) is 2.29. The zero-order valence-corrected chi connectivity index (χ0v) is 13.3. The highest BCUT2D eigenvalue weighted by Gasteiger charge is 2.23. The maximum absolute atomic E-state index is 12.7. The summed E-state index contributed by atoms with van der Waals surface area (Å²) in [6.07, 6.45) is 1.67. The van der Waals surface area contributed by atoms with E-state index in [-0.39, 0.29) is 11.3 Å². The molecule has 1 aromatic heterocycles. The molecule has 0 atom stereocenters. The molecule has 21 heavy (non-hydrogen) atoms. The number of pyridine rings is 1. The summed E-state index contributed by atoms with van der Waals surface area (Å²) in [5.74, 6) is -0.0723. The number of nitrogens with zero attached hydrogens (tertiary/aromatic N) is 2. The van der Waals surface area contributed by atoms with E-state index in [0.717, 1.165) is 5.39 Å². The molecular weight excluding hydrogens is 286 g/mol. The molecule has 0 aliphatic rings. The van der Waals surface area contributed by atoms with E-state index in [1.165, 1.54) is 0 Å². The van der Waals surface area contributed by atoms with Gasteiger partial charge in [-0.25, -0.2) is 0 Å². The maximum atomic E-state index is 12.7. The summed E-state index contributed by atoms with van der Waals surface area (Å²) < 4.78 is 0. The van der Waals surface area contributed by atoms with E-state index >= 15 is 0 Å². The smallest absolute Gasteiger partial charge is 0.255 e. The highest BCUT2D eigenvalue weighted by atomic mass is 35.5. The molecule has 0 radical (unpaired) electrons. The van der Waals surface area contributed by atoms with Crippen molar-refractivity contribution in [3.8, 4) is 0 Å². The average molecular weight is 306 g/mol. The Morgan fingerprint density at radius 3 is 2.76 bits per heavy atom. The minimum Gasteiger partial charge on any atom is -0.341 e. The van der Waals surface area contributed by atoms with Gasteiger partial charge in [-0.05, 0) is 36.2 Å². The second-order valence-corrected chi connectivity index (χ2v) is 6.43. The normalized spacial score (nSPS) is 11.7. The summed E-state index contributed by atoms with van der Waals surface area (Å²) in [7, 11) is 1.78. The molecule has 1 amide bonds. The van der Waals surface area contributed by atoms with Crippen molar-refractivity contribution in [3.63, 3.8) is 0 Å². The molecule has 0 saturated carbocycles. The molecule has 1 aromatic carbocycles. The van der Waals surface area contributed by atoms with Gasteiger partial charge in [0, 0.05) is 25.2 Å². The molecular formula is C16H20ClN3O. The van der Waals surface area contributed by atoms with E-state index in [1.54, 1.807) is 30.3 Å². The number of carbonyl (C=O) groups is 1. The second kappa shape index (κ2) is 6.00. The van der Waals surface area contributed by atoms with Crippen LogP contribution in [0, 0.1) is 5.41 Å². The Hall–Kier alpha value is -1.65. The number of aromatic nitrogens is 1. The van der Waals surface area contributed by atoms with Gasteiger partial charge in [0.05, 0.1) is 16.1 Å². The summed E-state index contributed by atoms with van der Waals surface area (Å²) in [5, 5.41) is 1.39. The van der Waals surface area contributed by atoms with Gasteiger partial charge in [0.1, 0.15) is 0 Å². The standard InChI is InChI=1S/C16H20ClN3O/c1-16(2,9-18)10-20(3)15(21)12-6-7-13(17)11-5-4-8-19-14(11)12/h4-8H,9-10,18H2,1-3H3. The fraction of sp³-hybridized carbons (Fsp3) is 0.375. The van der Waals surface area contributed by atoms with Gasteiger partial charge in [-0.15, -0.1) is 0 Å². The third-order valence-corrected chi connectivity index (χ3v) is 3.84. The lowest BCUT2D eigenvalue weighted by molar-refractivity contribution is 0.0742. The molecule has 0 fully saturated rings. The first-order valence-corrected chi connectivity index (χ1v) is 7.22. The van der Waals surface area contributed by atoms with Crippen LogP contribution in [0.1, 0.15) is 24.2 Å². The third kappa shape index (κ3) is 3.34. The fourth-order valence-corrected chi connectivity index (χ4v) is 2.51. The first-order chi connectivity index (χ1) is 9.85. The number of fused-ring (bicyclic) bond motifs is 1. The van der Waals surface area contributed by atoms with E-state index in [2.05, 4.69) is 4.98 Å². The van der Waals surface area contributed by atoms with Crippen LogP contribution in [-0.4, -0.2) is 35.9 Å². The Balaban J connectivity index is 2.38. The molecule has 2 aromatic rings. The van der Waals surface area contributed by atoms with Crippen molar-refractivity contribution in [1.29, 1.82) is 0 Å². The van der Waals surface area contributed by atoms with Crippen LogP contribution in [0.15, 0.2) is 30.5 Å². The molecule has 0 unspecified atom stereocenters. The number of hydrogen-bond acceptors (Lipinski definition) is 3. The molecule has 112 valence electrons. The predicted octanol–water partition coefficient (Wildman–Crippen LogP) is 2.95. The summed E-state index contributed by atoms with van der Waals surface area (Å²) >= 11 is 6.16. The topological polar surface area (TPSA) is 59.2 Å². The molecule has 4 nitrogen and oxygen atoms in total. The van der Waals surface area contributed by atoms with Crippen molar-refractivity contribution in [2.45, 2.75) is 13.8 Å². The van der Waals surface area contributed by atoms with Gasteiger partial charge in [0.25, 0.3) is 5.91 Å². The van der Waals surface area contributed by atoms with Crippen LogP contribution in [0.3, 0.4) is 0 Å². The summed E-state index contributed by atoms with van der Waals surface area (Å²) in [6.45, 7) is 5.17. The van der Waals surface area contributed by atoms with Crippen molar-refractivity contribution in [1.82, 2.24) is 9.88 Å². The van der Waals surface area contributed by atoms with Crippen LogP contribution in [0.2, 0.25) is 5.02 Å². The van der Waals surface area contributed by atoms with E-state index in [1.807, 2.05) is 26.0 Å². The van der Waals surface area contributed by atoms with Gasteiger partial charge < -0.3 is 10.6 Å². The largest absolute Gasteiger partial charge is 0.341 e. The lowest BCUT2D eigenvalue weighted by atomic mass is 9.93. The van der Waals surface area contributed by atoms with E-state index in [4.69, 9.17) is 17.3 Å². The monoisotopic (exact) mass is 305 g/mol. The van der Waals surface area contributed by atoms with Gasteiger partial charge >= 0.3 is 0 Å². The average Bonchev–Trinajstić information content (AvgIpc) is 2.47. The minimum atomic E-state index is -0.125. The number of carbonyl (C=O) groups excluding carboxylic acids is 1. The molecule has 0 saturated heterocycles. The highest BCUT2D eigenvalue weighted by Crippen LogP contribution is 2.26. The summed E-state index contributed by atoms with van der Waals surface area (Å²) in [4.78, 5) is 18.7. The molecule has 0 spiro atoms. The van der Waals surface area contributed by atoms with Crippen LogP contribution in [0.5, 0.6) is 0 Å². The Morgan fingerprint density at radius 1 is 1.38 bits per heavy atom. The Labute approximate surface area is 129 Å². The second-order valence-electron chi connectivity index (χ2n) is 6.02. The number of halogens is 1. The highest BCUT2D eigenvalue weighted by molar-refractivity contribution is 6.36. The number of benzene rings is 1. The minimum absolute atomic E-state index is 0.0723. The SMILES string of the molecule is CN(CC(C)(C)CN)C(=O)c1ccc(Cl)c2cccnc12. The van der Waals surface area contributed by atoms with Crippen molar-refractivity contribution >= 4 is 28.4 Å². The molecule has 2 rings (SSSR count). The van der Waals surface area contributed by atoms with Gasteiger partial charge in [-0.1, -0.05) is 25.4 Å². The lowest BCUT2D eigenvalue weighted by Gasteiger charge is -2.29. The van der Waals surface area contributed by atoms with Gasteiger partial charge in [-0.2, -0.15) is 0 Å². The molecule has 0 bridgehead atoms. The van der Waals surface area contributed by atoms with Crippen molar-refractivity contribution in [2.75, 3.05) is 20.1 Å². The number of nitrogens with two attached hydrogens (primary N) is 1. The van der Waals surface area contributed by atoms with Crippen LogP contribution in [0.4, 0.5) is 0 Å². The van der Waals surface area contributed by atoms with Crippen LogP contribution < -0.4 is 5.73 Å². The number of hydrogen-bond donors (Lipinski definition) is 1. The number of rotatable bonds is 4. The van der Waals surface area contributed by atoms with E-state index in [0.29, 0.717) is 29.2 Å². The van der Waals surface area contributed by atoms with E-state index < -0.39 is 0 Å². The molecule has 2 N–H and O–H groups in total. The molecule has 5 heteroatoms. The third-order valence-electron chi connectivity index (χ3n) is 3.51. The Morgan fingerprint density at radius 2 is 2.10 bits per heavy atom. The summed E-state index contributed by atoms with van der Waals surface area (Å²) in [6, 6.07) is 7.14. The predicted molar refractivity (Wildman–Crippen MR) is 86.5 cm³/mol. The maximum Gasteiger partial charge on any atom is 0.255 e. The first-order valence-electron chi connectivity index (χ1n) is 6.84. The van der Waals surface area contributed by atoms with E-state index in [9.17, 15) is 4.79 Å². The van der Waals surface area contributed by atoms with Crippen LogP contribution in [0.25, 0.3) is 10.9 Å². The molecule has 1 heterocycles. The first kappa shape index (κ1) is 15.7. The van der Waals surface area contributed by atoms with Crippen LogP contribution in [-0.2, 0) is 0 Å². The molecule has 0 aliphatic heterocycles. The van der Waals surface area contributed by atoms with Gasteiger partial charge in [0.15, 0.2) is 0 Å². The quantitative estimate of drug-likeness (QED) is 0.945. The summed E-state index contributed by atoms with van der Waals surface area (Å²) in [5.41, 5.74) is 6.80. The van der Waals surface area contributed by atoms with Gasteiger partial charge in [0.2, 0.25) is 0 Å². The number of amides is 1.